The van der Waals surface area contributed by atoms with Crippen molar-refractivity contribution >= 4 is 35.1 Å². The largest absolute Gasteiger partial charge is 0.462 e. The van der Waals surface area contributed by atoms with E-state index < -0.39 is 17.5 Å². The van der Waals surface area contributed by atoms with Crippen LogP contribution in [0.4, 0.5) is 0 Å². The lowest BCUT2D eigenvalue weighted by Crippen LogP contribution is -2.23. The number of hydrogen-bond donors (Lipinski definition) is 0. The number of ether oxygens (including phenoxy) is 2. The smallest absolute Gasteiger partial charge is 0.349 e. The molecule has 0 heterocycles. The van der Waals surface area contributed by atoms with Gasteiger partial charge in [-0.25, -0.2) is 9.59 Å². The van der Waals surface area contributed by atoms with E-state index in [1.165, 1.54) is 0 Å². The number of halogens is 2. The van der Waals surface area contributed by atoms with Gasteiger partial charge in [-0.2, -0.15) is 0 Å². The summed E-state index contributed by atoms with van der Waals surface area (Å²) in [6.07, 6.45) is 0. The second-order valence-electron chi connectivity index (χ2n) is 4.03. The minimum atomic E-state index is -0.561. The summed E-state index contributed by atoms with van der Waals surface area (Å²) in [7, 11) is 0. The van der Waals surface area contributed by atoms with Crippen molar-refractivity contribution in [3.05, 3.63) is 23.2 Å². The standard InChI is InChI=1S/C7H11ClO2.C5H7ClO2/c1-5(8)6(9)10-7(2,3)4;1-3-8-5(7)4(2)6/h1H2,2-4H3;2-3H2,1H3. The Morgan fingerprint density at radius 3 is 1.56 bits per heavy atom. The quantitative estimate of drug-likeness (QED) is 0.592. The van der Waals surface area contributed by atoms with Gasteiger partial charge in [-0.15, -0.1) is 0 Å². The Kier molecular flexibility index (Phi) is 9.67. The van der Waals surface area contributed by atoms with Crippen LogP contribution in [-0.4, -0.2) is 24.1 Å². The fraction of sp³-hybridized carbons (Fsp3) is 0.500. The maximum atomic E-state index is 10.7. The summed E-state index contributed by atoms with van der Waals surface area (Å²) in [5, 5.41) is -0.165. The first-order chi connectivity index (χ1) is 8.01. The zero-order chi connectivity index (χ0) is 14.9. The topological polar surface area (TPSA) is 52.6 Å². The van der Waals surface area contributed by atoms with Crippen molar-refractivity contribution in [1.29, 1.82) is 0 Å². The molecule has 0 saturated heterocycles. The van der Waals surface area contributed by atoms with Gasteiger partial charge in [-0.05, 0) is 27.7 Å². The van der Waals surface area contributed by atoms with Crippen LogP contribution in [0.15, 0.2) is 23.2 Å². The van der Waals surface area contributed by atoms with E-state index in [1.54, 1.807) is 27.7 Å². The molecule has 0 aromatic heterocycles. The van der Waals surface area contributed by atoms with Gasteiger partial charge in [0.25, 0.3) is 0 Å². The van der Waals surface area contributed by atoms with Gasteiger partial charge in [-0.3, -0.25) is 0 Å². The van der Waals surface area contributed by atoms with Crippen LogP contribution in [0.2, 0.25) is 0 Å². The fourth-order valence-electron chi connectivity index (χ4n) is 0.543. The summed E-state index contributed by atoms with van der Waals surface area (Å²) in [5.41, 5.74) is -0.491. The van der Waals surface area contributed by atoms with Gasteiger partial charge in [0.2, 0.25) is 0 Å². The lowest BCUT2D eigenvalue weighted by molar-refractivity contribution is -0.149. The van der Waals surface area contributed by atoms with Crippen LogP contribution in [0.5, 0.6) is 0 Å². The van der Waals surface area contributed by atoms with Crippen LogP contribution in [0.3, 0.4) is 0 Å². The zero-order valence-electron chi connectivity index (χ0n) is 11.0. The Bertz CT molecular complexity index is 329. The SMILES string of the molecule is C=C(Cl)C(=O)OC(C)(C)C.C=C(Cl)C(=O)OCC. The highest BCUT2D eigenvalue weighted by atomic mass is 35.5. The molecular weight excluding hydrogens is 279 g/mol. The normalized spacial score (nSPS) is 9.67. The van der Waals surface area contributed by atoms with E-state index in [0.717, 1.165) is 0 Å². The molecule has 0 N–H and O–H groups in total. The van der Waals surface area contributed by atoms with Crippen molar-refractivity contribution in [2.24, 2.45) is 0 Å². The molecule has 0 amide bonds. The molecule has 0 unspecified atom stereocenters. The third-order valence-corrected chi connectivity index (χ3v) is 1.43. The molecule has 0 radical (unpaired) electrons. The summed E-state index contributed by atoms with van der Waals surface area (Å²) >= 11 is 10.4. The van der Waals surface area contributed by atoms with Crippen molar-refractivity contribution < 1.29 is 19.1 Å². The third-order valence-electron chi connectivity index (χ3n) is 1.12. The Labute approximate surface area is 118 Å². The van der Waals surface area contributed by atoms with Crippen LogP contribution >= 0.6 is 23.2 Å². The highest BCUT2D eigenvalue weighted by molar-refractivity contribution is 6.41. The molecule has 0 atom stereocenters. The van der Waals surface area contributed by atoms with Crippen LogP contribution in [-0.2, 0) is 19.1 Å². The molecule has 0 aliphatic rings. The van der Waals surface area contributed by atoms with Crippen molar-refractivity contribution in [3.63, 3.8) is 0 Å². The van der Waals surface area contributed by atoms with Crippen molar-refractivity contribution in [2.75, 3.05) is 6.61 Å². The average Bonchev–Trinajstić information content (AvgIpc) is 2.16. The Hall–Kier alpha value is -1.00. The summed E-state index contributed by atoms with van der Waals surface area (Å²) in [4.78, 5) is 21.0. The Morgan fingerprint density at radius 1 is 1.06 bits per heavy atom. The van der Waals surface area contributed by atoms with E-state index in [9.17, 15) is 9.59 Å². The minimum absolute atomic E-state index is 0.0770. The summed E-state index contributed by atoms with van der Waals surface area (Å²) in [6.45, 7) is 13.7. The Morgan fingerprint density at radius 2 is 1.44 bits per heavy atom. The molecule has 6 heteroatoms. The van der Waals surface area contributed by atoms with Crippen molar-refractivity contribution in [1.82, 2.24) is 0 Å². The lowest BCUT2D eigenvalue weighted by Gasteiger charge is -2.18. The van der Waals surface area contributed by atoms with Crippen molar-refractivity contribution in [2.45, 2.75) is 33.3 Å². The van der Waals surface area contributed by atoms with E-state index in [2.05, 4.69) is 17.9 Å². The highest BCUT2D eigenvalue weighted by Gasteiger charge is 2.16. The molecule has 0 aliphatic heterocycles. The van der Waals surface area contributed by atoms with Gasteiger partial charge in [0.1, 0.15) is 15.7 Å². The molecule has 0 spiro atoms. The molecule has 0 bridgehead atoms. The number of esters is 2. The first-order valence-corrected chi connectivity index (χ1v) is 5.86. The minimum Gasteiger partial charge on any atom is -0.462 e. The number of hydrogen-bond acceptors (Lipinski definition) is 4. The lowest BCUT2D eigenvalue weighted by atomic mass is 10.2. The molecule has 104 valence electrons. The fourth-order valence-corrected chi connectivity index (χ4v) is 0.636. The van der Waals surface area contributed by atoms with Crippen LogP contribution in [0, 0.1) is 0 Å². The second-order valence-corrected chi connectivity index (χ2v) is 4.94. The van der Waals surface area contributed by atoms with E-state index >= 15 is 0 Å². The van der Waals surface area contributed by atoms with E-state index in [0.29, 0.717) is 6.61 Å². The first-order valence-electron chi connectivity index (χ1n) is 5.10. The van der Waals surface area contributed by atoms with Gasteiger partial charge in [0.05, 0.1) is 6.61 Å². The molecule has 0 fully saturated rings. The van der Waals surface area contributed by atoms with Gasteiger partial charge < -0.3 is 9.47 Å². The third kappa shape index (κ3) is 13.1. The molecule has 18 heavy (non-hydrogen) atoms. The molecule has 4 nitrogen and oxygen atoms in total. The van der Waals surface area contributed by atoms with Crippen molar-refractivity contribution in [3.8, 4) is 0 Å². The molecule has 0 saturated carbocycles. The maximum absolute atomic E-state index is 10.7. The van der Waals surface area contributed by atoms with Gasteiger partial charge >= 0.3 is 11.9 Å². The highest BCUT2D eigenvalue weighted by Crippen LogP contribution is 2.11. The van der Waals surface area contributed by atoms with Crippen LogP contribution < -0.4 is 0 Å². The molecule has 0 rings (SSSR count). The average molecular weight is 297 g/mol. The molecular formula is C12H18Cl2O4. The number of rotatable bonds is 3. The maximum Gasteiger partial charge on any atom is 0.349 e. The number of carbonyl (C=O) groups excluding carboxylic acids is 2. The summed E-state index contributed by atoms with van der Waals surface area (Å²) in [6, 6.07) is 0. The first kappa shape index (κ1) is 19.3. The van der Waals surface area contributed by atoms with E-state index in [1.807, 2.05) is 0 Å². The zero-order valence-corrected chi connectivity index (χ0v) is 12.5. The molecule has 0 aromatic rings. The molecule has 0 aliphatic carbocycles. The summed E-state index contributed by atoms with van der Waals surface area (Å²) < 4.78 is 9.26. The summed E-state index contributed by atoms with van der Waals surface area (Å²) in [5.74, 6) is -1.11. The Balaban J connectivity index is 0. The van der Waals surface area contributed by atoms with E-state index in [-0.39, 0.29) is 10.1 Å². The molecule has 0 aromatic carbocycles. The van der Waals surface area contributed by atoms with Crippen LogP contribution in [0.25, 0.3) is 0 Å². The van der Waals surface area contributed by atoms with Gasteiger partial charge in [0.15, 0.2) is 0 Å². The van der Waals surface area contributed by atoms with Gasteiger partial charge in [0, 0.05) is 0 Å². The number of carbonyl (C=O) groups is 2. The van der Waals surface area contributed by atoms with Crippen LogP contribution in [0.1, 0.15) is 27.7 Å². The second kappa shape index (κ2) is 9.00. The predicted octanol–water partition coefficient (Wildman–Crippen LogP) is 3.38. The van der Waals surface area contributed by atoms with Gasteiger partial charge in [-0.1, -0.05) is 36.4 Å². The predicted molar refractivity (Wildman–Crippen MR) is 72.5 cm³/mol. The van der Waals surface area contributed by atoms with E-state index in [4.69, 9.17) is 27.9 Å². The monoisotopic (exact) mass is 296 g/mol.